The Labute approximate surface area is 108 Å². The summed E-state index contributed by atoms with van der Waals surface area (Å²) in [5.74, 6) is 2.83. The zero-order valence-electron chi connectivity index (χ0n) is 11.0. The van der Waals surface area contributed by atoms with Crippen molar-refractivity contribution in [3.8, 4) is 12.3 Å². The number of amides is 2. The third kappa shape index (κ3) is 1.87. The second-order valence-electron chi connectivity index (χ2n) is 5.26. The minimum Gasteiger partial charge on any atom is -0.301 e. The van der Waals surface area contributed by atoms with Crippen molar-refractivity contribution in [2.24, 2.45) is 0 Å². The molecular formula is C13H20N4O. The molecule has 0 unspecified atom stereocenters. The summed E-state index contributed by atoms with van der Waals surface area (Å²) in [5, 5.41) is 10.7. The number of likely N-dealkylation sites (tertiary alicyclic amines) is 1. The minimum atomic E-state index is -0.491. The average molecular weight is 248 g/mol. The number of hydrogen-bond acceptors (Lipinski definition) is 3. The topological polar surface area (TPSA) is 59.4 Å². The Morgan fingerprint density at radius 1 is 1.50 bits per heavy atom. The molecule has 0 saturated carbocycles. The number of amidine groups is 1. The zero-order chi connectivity index (χ0) is 13.3. The van der Waals surface area contributed by atoms with E-state index in [2.05, 4.69) is 30.0 Å². The highest BCUT2D eigenvalue weighted by Crippen LogP contribution is 2.33. The molecule has 2 fully saturated rings. The fourth-order valence-electron chi connectivity index (χ4n) is 2.86. The Morgan fingerprint density at radius 2 is 2.11 bits per heavy atom. The second kappa shape index (κ2) is 4.62. The van der Waals surface area contributed by atoms with Crippen molar-refractivity contribution in [3.05, 3.63) is 0 Å². The lowest BCUT2D eigenvalue weighted by Crippen LogP contribution is -2.57. The van der Waals surface area contributed by atoms with Crippen molar-refractivity contribution in [2.45, 2.75) is 38.3 Å². The van der Waals surface area contributed by atoms with Crippen LogP contribution in [0, 0.1) is 17.8 Å². The maximum atomic E-state index is 11.8. The Kier molecular flexibility index (Phi) is 3.31. The molecule has 2 rings (SSSR count). The Bertz CT molecular complexity index is 402. The molecule has 0 radical (unpaired) electrons. The van der Waals surface area contributed by atoms with E-state index in [9.17, 15) is 4.79 Å². The van der Waals surface area contributed by atoms with Crippen molar-refractivity contribution in [2.75, 3.05) is 19.6 Å². The standard InChI is InChI=1S/C13H20N4O/c1-4-7-17-12(18)15-11(14)13(17)5-8-16(9-6-13)10(2)3/h1,10H,5-9H2,2-3H3,(H2,14,15,18). The van der Waals surface area contributed by atoms with E-state index in [0.29, 0.717) is 11.9 Å². The Hall–Kier alpha value is -1.54. The first-order valence-electron chi connectivity index (χ1n) is 6.36. The molecule has 2 aliphatic rings. The molecular weight excluding hydrogens is 228 g/mol. The number of carbonyl (C=O) groups excluding carboxylic acids is 1. The first kappa shape index (κ1) is 12.9. The number of hydrogen-bond donors (Lipinski definition) is 2. The molecule has 0 aromatic heterocycles. The van der Waals surface area contributed by atoms with Gasteiger partial charge in [-0.15, -0.1) is 6.42 Å². The molecule has 98 valence electrons. The van der Waals surface area contributed by atoms with E-state index in [-0.39, 0.29) is 12.6 Å². The highest BCUT2D eigenvalue weighted by molar-refractivity contribution is 6.08. The number of rotatable bonds is 2. The van der Waals surface area contributed by atoms with Crippen LogP contribution in [0.1, 0.15) is 26.7 Å². The summed E-state index contributed by atoms with van der Waals surface area (Å²) < 4.78 is 0. The van der Waals surface area contributed by atoms with Crippen LogP contribution in [0.5, 0.6) is 0 Å². The summed E-state index contributed by atoms with van der Waals surface area (Å²) >= 11 is 0. The van der Waals surface area contributed by atoms with Crippen molar-refractivity contribution in [1.82, 2.24) is 15.1 Å². The van der Waals surface area contributed by atoms with Gasteiger partial charge in [0.15, 0.2) is 0 Å². The van der Waals surface area contributed by atoms with E-state index in [1.165, 1.54) is 0 Å². The maximum absolute atomic E-state index is 11.8. The van der Waals surface area contributed by atoms with Gasteiger partial charge in [0.05, 0.1) is 6.54 Å². The molecule has 0 atom stereocenters. The molecule has 0 aromatic rings. The minimum absolute atomic E-state index is 0.226. The first-order valence-corrected chi connectivity index (χ1v) is 6.36. The van der Waals surface area contributed by atoms with Gasteiger partial charge >= 0.3 is 6.03 Å². The van der Waals surface area contributed by atoms with E-state index >= 15 is 0 Å². The molecule has 0 aromatic carbocycles. The zero-order valence-corrected chi connectivity index (χ0v) is 11.0. The van der Waals surface area contributed by atoms with E-state index < -0.39 is 5.54 Å². The number of piperidine rings is 1. The van der Waals surface area contributed by atoms with Crippen molar-refractivity contribution >= 4 is 11.9 Å². The Morgan fingerprint density at radius 3 is 2.61 bits per heavy atom. The third-order valence-electron chi connectivity index (χ3n) is 4.06. The average Bonchev–Trinajstić information content (AvgIpc) is 2.55. The molecule has 2 N–H and O–H groups in total. The largest absolute Gasteiger partial charge is 0.324 e. The van der Waals surface area contributed by atoms with Crippen molar-refractivity contribution < 1.29 is 4.79 Å². The van der Waals surface area contributed by atoms with Gasteiger partial charge in [-0.3, -0.25) is 10.7 Å². The molecule has 5 heteroatoms. The number of terminal acetylenes is 1. The van der Waals surface area contributed by atoms with Crippen LogP contribution < -0.4 is 5.32 Å². The number of urea groups is 1. The van der Waals surface area contributed by atoms with Crippen LogP contribution in [-0.4, -0.2) is 52.9 Å². The van der Waals surface area contributed by atoms with Gasteiger partial charge in [-0.05, 0) is 26.7 Å². The molecule has 2 amide bonds. The monoisotopic (exact) mass is 248 g/mol. The maximum Gasteiger partial charge on any atom is 0.324 e. The fraction of sp³-hybridized carbons (Fsp3) is 0.692. The molecule has 2 aliphatic heterocycles. The van der Waals surface area contributed by atoms with Crippen LogP contribution in [0.2, 0.25) is 0 Å². The van der Waals surface area contributed by atoms with E-state index in [1.807, 2.05) is 0 Å². The summed E-state index contributed by atoms with van der Waals surface area (Å²) in [4.78, 5) is 15.8. The van der Waals surface area contributed by atoms with E-state index in [0.717, 1.165) is 25.9 Å². The number of nitrogens with zero attached hydrogens (tertiary/aromatic N) is 2. The lowest BCUT2D eigenvalue weighted by molar-refractivity contribution is 0.0941. The van der Waals surface area contributed by atoms with E-state index in [4.69, 9.17) is 11.8 Å². The van der Waals surface area contributed by atoms with Crippen LogP contribution in [0.3, 0.4) is 0 Å². The SMILES string of the molecule is C#CCN1C(=O)NC(=N)C12CCN(C(C)C)CC2. The van der Waals surface area contributed by atoms with Gasteiger partial charge in [-0.1, -0.05) is 5.92 Å². The summed E-state index contributed by atoms with van der Waals surface area (Å²) in [5.41, 5.74) is -0.491. The van der Waals surface area contributed by atoms with Crippen molar-refractivity contribution in [1.29, 1.82) is 5.41 Å². The summed E-state index contributed by atoms with van der Waals surface area (Å²) in [6, 6.07) is 0.277. The van der Waals surface area contributed by atoms with Crippen LogP contribution in [0.25, 0.3) is 0 Å². The summed E-state index contributed by atoms with van der Waals surface area (Å²) in [7, 11) is 0. The predicted octanol–water partition coefficient (Wildman–Crippen LogP) is 0.865. The van der Waals surface area contributed by atoms with Gasteiger partial charge in [0.2, 0.25) is 0 Å². The van der Waals surface area contributed by atoms with Gasteiger partial charge in [0, 0.05) is 19.1 Å². The van der Waals surface area contributed by atoms with E-state index in [1.54, 1.807) is 4.90 Å². The van der Waals surface area contributed by atoms with Gasteiger partial charge in [-0.25, -0.2) is 4.79 Å². The van der Waals surface area contributed by atoms with Gasteiger partial charge in [0.25, 0.3) is 0 Å². The molecule has 2 heterocycles. The summed E-state index contributed by atoms with van der Waals surface area (Å²) in [6.07, 6.45) is 6.89. The molecule has 0 bridgehead atoms. The van der Waals surface area contributed by atoms with Crippen LogP contribution in [0.15, 0.2) is 0 Å². The van der Waals surface area contributed by atoms with Crippen molar-refractivity contribution in [3.63, 3.8) is 0 Å². The smallest absolute Gasteiger partial charge is 0.301 e. The number of nitrogens with one attached hydrogen (secondary N) is 2. The molecule has 18 heavy (non-hydrogen) atoms. The first-order chi connectivity index (χ1) is 8.51. The second-order valence-corrected chi connectivity index (χ2v) is 5.26. The van der Waals surface area contributed by atoms with Gasteiger partial charge in [-0.2, -0.15) is 0 Å². The summed E-state index contributed by atoms with van der Waals surface area (Å²) in [6.45, 7) is 6.41. The highest BCUT2D eigenvalue weighted by atomic mass is 16.2. The normalized spacial score (nSPS) is 23.6. The quantitative estimate of drug-likeness (QED) is 0.712. The molecule has 5 nitrogen and oxygen atoms in total. The van der Waals surface area contributed by atoms with Gasteiger partial charge in [0.1, 0.15) is 11.4 Å². The third-order valence-corrected chi connectivity index (χ3v) is 4.06. The lowest BCUT2D eigenvalue weighted by Gasteiger charge is -2.44. The molecule has 0 aliphatic carbocycles. The molecule has 2 saturated heterocycles. The van der Waals surface area contributed by atoms with Gasteiger partial charge < -0.3 is 9.80 Å². The fourth-order valence-corrected chi connectivity index (χ4v) is 2.86. The van der Waals surface area contributed by atoms with Crippen LogP contribution in [0.4, 0.5) is 4.79 Å². The lowest BCUT2D eigenvalue weighted by atomic mass is 9.85. The predicted molar refractivity (Wildman–Crippen MR) is 70.5 cm³/mol. The highest BCUT2D eigenvalue weighted by Gasteiger charge is 2.51. The van der Waals surface area contributed by atoms with Crippen LogP contribution in [-0.2, 0) is 0 Å². The van der Waals surface area contributed by atoms with Crippen LogP contribution >= 0.6 is 0 Å². The Balaban J connectivity index is 2.18. The molecule has 1 spiro atoms. The number of carbonyl (C=O) groups is 1.